The van der Waals surface area contributed by atoms with E-state index >= 15 is 0 Å². The zero-order valence-electron chi connectivity index (χ0n) is 16.5. The van der Waals surface area contributed by atoms with Crippen LogP contribution in [0, 0.1) is 0 Å². The highest BCUT2D eigenvalue weighted by molar-refractivity contribution is 5.90. The predicted molar refractivity (Wildman–Crippen MR) is 103 cm³/mol. The summed E-state index contributed by atoms with van der Waals surface area (Å²) >= 11 is 0. The quantitative estimate of drug-likeness (QED) is 0.640. The van der Waals surface area contributed by atoms with Crippen molar-refractivity contribution < 1.29 is 23.9 Å². The van der Waals surface area contributed by atoms with Crippen LogP contribution in [0.5, 0.6) is 0 Å². The molecule has 0 heterocycles. The minimum absolute atomic E-state index is 0.169. The fourth-order valence-electron chi connectivity index (χ4n) is 2.29. The Bertz CT molecular complexity index is 635. The van der Waals surface area contributed by atoms with Gasteiger partial charge in [0.15, 0.2) is 0 Å². The third-order valence-corrected chi connectivity index (χ3v) is 3.49. The molecule has 1 aromatic carbocycles. The lowest BCUT2D eigenvalue weighted by Crippen LogP contribution is -2.38. The van der Waals surface area contributed by atoms with Crippen molar-refractivity contribution in [2.45, 2.75) is 65.0 Å². The second kappa shape index (κ2) is 10.7. The maximum atomic E-state index is 11.9. The number of carbonyl (C=O) groups is 3. The van der Waals surface area contributed by atoms with Crippen molar-refractivity contribution in [2.24, 2.45) is 5.73 Å². The van der Waals surface area contributed by atoms with Gasteiger partial charge in [-0.1, -0.05) is 12.1 Å². The van der Waals surface area contributed by atoms with Gasteiger partial charge < -0.3 is 20.5 Å². The van der Waals surface area contributed by atoms with Crippen LogP contribution in [0.25, 0.3) is 0 Å². The largest absolute Gasteiger partial charge is 0.466 e. The third-order valence-electron chi connectivity index (χ3n) is 3.49. The van der Waals surface area contributed by atoms with E-state index in [0.717, 1.165) is 5.56 Å². The van der Waals surface area contributed by atoms with Crippen LogP contribution < -0.4 is 11.1 Å². The Kier molecular flexibility index (Phi) is 8.94. The monoisotopic (exact) mass is 378 g/mol. The molecule has 0 aliphatic heterocycles. The normalized spacial score (nSPS) is 12.2. The van der Waals surface area contributed by atoms with E-state index in [0.29, 0.717) is 25.1 Å². The van der Waals surface area contributed by atoms with Crippen molar-refractivity contribution in [3.63, 3.8) is 0 Å². The number of benzene rings is 1. The van der Waals surface area contributed by atoms with Crippen LogP contribution in [0.4, 0.5) is 5.69 Å². The molecule has 7 heteroatoms. The van der Waals surface area contributed by atoms with Crippen molar-refractivity contribution >= 4 is 23.5 Å². The molecule has 0 saturated heterocycles. The summed E-state index contributed by atoms with van der Waals surface area (Å²) in [6.07, 6.45) is 1.25. The number of anilines is 1. The molecule has 0 radical (unpaired) electrons. The van der Waals surface area contributed by atoms with E-state index in [9.17, 15) is 14.4 Å². The van der Waals surface area contributed by atoms with Gasteiger partial charge in [0.1, 0.15) is 11.6 Å². The molecule has 0 bridgehead atoms. The topological polar surface area (TPSA) is 108 Å². The van der Waals surface area contributed by atoms with Crippen LogP contribution in [0.1, 0.15) is 52.5 Å². The molecule has 27 heavy (non-hydrogen) atoms. The predicted octanol–water partition coefficient (Wildman–Crippen LogP) is 2.57. The molecule has 0 aliphatic carbocycles. The van der Waals surface area contributed by atoms with E-state index in [1.165, 1.54) is 0 Å². The van der Waals surface area contributed by atoms with Crippen molar-refractivity contribution in [2.75, 3.05) is 11.9 Å². The Hall–Kier alpha value is -2.41. The van der Waals surface area contributed by atoms with E-state index < -0.39 is 17.6 Å². The summed E-state index contributed by atoms with van der Waals surface area (Å²) in [5, 5.41) is 2.77. The number of hydrogen-bond acceptors (Lipinski definition) is 6. The van der Waals surface area contributed by atoms with Gasteiger partial charge in [-0.2, -0.15) is 0 Å². The average molecular weight is 378 g/mol. The molecule has 0 unspecified atom stereocenters. The highest BCUT2D eigenvalue weighted by atomic mass is 16.6. The molecule has 0 saturated carbocycles. The average Bonchev–Trinajstić information content (AvgIpc) is 2.55. The van der Waals surface area contributed by atoms with Crippen molar-refractivity contribution in [1.82, 2.24) is 0 Å². The second-order valence-corrected chi connectivity index (χ2v) is 7.25. The number of hydrogen-bond donors (Lipinski definition) is 2. The first-order chi connectivity index (χ1) is 12.6. The van der Waals surface area contributed by atoms with E-state index in [1.54, 1.807) is 52.0 Å². The molecular formula is C20H30N2O5. The van der Waals surface area contributed by atoms with Crippen molar-refractivity contribution in [3.05, 3.63) is 29.8 Å². The van der Waals surface area contributed by atoms with E-state index in [-0.39, 0.29) is 24.7 Å². The highest BCUT2D eigenvalue weighted by Gasteiger charge is 2.22. The van der Waals surface area contributed by atoms with Crippen LogP contribution >= 0.6 is 0 Å². The molecule has 1 atom stereocenters. The summed E-state index contributed by atoms with van der Waals surface area (Å²) in [5.74, 6) is -0.907. The van der Waals surface area contributed by atoms with Gasteiger partial charge in [0.05, 0.1) is 6.61 Å². The summed E-state index contributed by atoms with van der Waals surface area (Å²) in [5.41, 5.74) is 6.83. The fraction of sp³-hybridized carbons (Fsp3) is 0.550. The lowest BCUT2D eigenvalue weighted by molar-refractivity contribution is -0.156. The van der Waals surface area contributed by atoms with Gasteiger partial charge in [0.2, 0.25) is 5.91 Å². The molecule has 0 aliphatic rings. The molecular weight excluding hydrogens is 348 g/mol. The van der Waals surface area contributed by atoms with Crippen LogP contribution in [0.15, 0.2) is 24.3 Å². The molecule has 3 N–H and O–H groups in total. The molecule has 0 spiro atoms. The molecule has 1 rings (SSSR count). The number of nitrogens with one attached hydrogen (secondary N) is 1. The Morgan fingerprint density at radius 2 is 1.74 bits per heavy atom. The summed E-state index contributed by atoms with van der Waals surface area (Å²) in [4.78, 5) is 35.1. The molecule has 0 aromatic heterocycles. The highest BCUT2D eigenvalue weighted by Crippen LogP contribution is 2.14. The van der Waals surface area contributed by atoms with Gasteiger partial charge in [-0.25, -0.2) is 0 Å². The zero-order valence-corrected chi connectivity index (χ0v) is 16.5. The lowest BCUT2D eigenvalue weighted by atomic mass is 10.1. The van der Waals surface area contributed by atoms with Gasteiger partial charge in [-0.3, -0.25) is 14.4 Å². The maximum Gasteiger partial charge on any atom is 0.323 e. The Morgan fingerprint density at radius 1 is 1.11 bits per heavy atom. The van der Waals surface area contributed by atoms with E-state index in [1.807, 2.05) is 0 Å². The number of amides is 1. The molecule has 1 amide bonds. The molecule has 7 nitrogen and oxygen atoms in total. The molecule has 1 aromatic rings. The van der Waals surface area contributed by atoms with Crippen LogP contribution in [-0.4, -0.2) is 36.1 Å². The van der Waals surface area contributed by atoms with Gasteiger partial charge >= 0.3 is 11.9 Å². The van der Waals surface area contributed by atoms with Crippen LogP contribution in [0.2, 0.25) is 0 Å². The first-order valence-corrected chi connectivity index (χ1v) is 9.13. The van der Waals surface area contributed by atoms with Gasteiger partial charge in [-0.15, -0.1) is 0 Å². The SMILES string of the molecule is CCOC(=O)CCCC(=O)Nc1ccc(C[C@H](N)C(=O)OC(C)(C)C)cc1. The van der Waals surface area contributed by atoms with Gasteiger partial charge in [-0.05, 0) is 58.2 Å². The van der Waals surface area contributed by atoms with Gasteiger partial charge in [0.25, 0.3) is 0 Å². The first-order valence-electron chi connectivity index (χ1n) is 9.13. The minimum Gasteiger partial charge on any atom is -0.466 e. The second-order valence-electron chi connectivity index (χ2n) is 7.25. The number of carbonyl (C=O) groups excluding carboxylic acids is 3. The zero-order chi connectivity index (χ0) is 20.4. The Labute approximate surface area is 160 Å². The van der Waals surface area contributed by atoms with E-state index in [2.05, 4.69) is 5.32 Å². The summed E-state index contributed by atoms with van der Waals surface area (Å²) in [6.45, 7) is 7.47. The van der Waals surface area contributed by atoms with Crippen molar-refractivity contribution in [3.8, 4) is 0 Å². The smallest absolute Gasteiger partial charge is 0.323 e. The third kappa shape index (κ3) is 9.75. The molecule has 150 valence electrons. The maximum absolute atomic E-state index is 11.9. The summed E-state index contributed by atoms with van der Waals surface area (Å²) in [7, 11) is 0. The summed E-state index contributed by atoms with van der Waals surface area (Å²) < 4.78 is 10.1. The van der Waals surface area contributed by atoms with Crippen LogP contribution in [-0.2, 0) is 30.3 Å². The summed E-state index contributed by atoms with van der Waals surface area (Å²) in [6, 6.07) is 6.37. The number of nitrogens with two attached hydrogens (primary N) is 1. The first kappa shape index (κ1) is 22.6. The fourth-order valence-corrected chi connectivity index (χ4v) is 2.29. The number of ether oxygens (including phenoxy) is 2. The van der Waals surface area contributed by atoms with Crippen LogP contribution in [0.3, 0.4) is 0 Å². The molecule has 0 fully saturated rings. The Morgan fingerprint density at radius 3 is 2.30 bits per heavy atom. The number of rotatable bonds is 9. The van der Waals surface area contributed by atoms with Crippen molar-refractivity contribution in [1.29, 1.82) is 0 Å². The Balaban J connectivity index is 2.43. The number of esters is 2. The minimum atomic E-state index is -0.743. The van der Waals surface area contributed by atoms with E-state index in [4.69, 9.17) is 15.2 Å². The lowest BCUT2D eigenvalue weighted by Gasteiger charge is -2.22. The standard InChI is InChI=1S/C20H30N2O5/c1-5-26-18(24)8-6-7-17(23)22-15-11-9-14(10-12-15)13-16(21)19(25)27-20(2,3)4/h9-12,16H,5-8,13,21H2,1-4H3,(H,22,23)/t16-/m0/s1. The van der Waals surface area contributed by atoms with Gasteiger partial charge in [0, 0.05) is 18.5 Å².